The molecule has 1 saturated heterocycles. The van der Waals surface area contributed by atoms with Crippen LogP contribution >= 0.6 is 0 Å². The summed E-state index contributed by atoms with van der Waals surface area (Å²) in [4.78, 5) is 26.0. The monoisotopic (exact) mass is 378 g/mol. The van der Waals surface area contributed by atoms with Crippen LogP contribution in [0.5, 0.6) is 11.5 Å². The van der Waals surface area contributed by atoms with Crippen molar-refractivity contribution in [3.63, 3.8) is 0 Å². The molecule has 1 fully saturated rings. The fraction of sp³-hybridized carbons (Fsp3) is 0.600. The number of nitrogens with one attached hydrogen (secondary N) is 1. The predicted octanol–water partition coefficient (Wildman–Crippen LogP) is 2.46. The summed E-state index contributed by atoms with van der Waals surface area (Å²) in [5.41, 5.74) is 0.996. The van der Waals surface area contributed by atoms with Crippen LogP contribution in [0.2, 0.25) is 0 Å². The average Bonchev–Trinajstić information content (AvgIpc) is 3.16. The van der Waals surface area contributed by atoms with Crippen molar-refractivity contribution in [2.75, 3.05) is 27.3 Å². The first-order chi connectivity index (χ1) is 12.9. The Morgan fingerprint density at radius 3 is 2.59 bits per heavy atom. The minimum absolute atomic E-state index is 0.0189. The van der Waals surface area contributed by atoms with Crippen molar-refractivity contribution >= 4 is 11.9 Å². The molecular formula is C20H30N2O5. The SMILES string of the molecule is CC[C@H](C)[C@H](NCC(=O)N1CCCC1c1ccc(OC)c(OC)c1)C(=O)O. The zero-order valence-corrected chi connectivity index (χ0v) is 16.5. The number of benzene rings is 1. The second-order valence-corrected chi connectivity index (χ2v) is 6.94. The van der Waals surface area contributed by atoms with Crippen LogP contribution in [-0.4, -0.2) is 55.2 Å². The Balaban J connectivity index is 2.09. The highest BCUT2D eigenvalue weighted by Gasteiger charge is 2.31. The van der Waals surface area contributed by atoms with E-state index in [0.29, 0.717) is 18.0 Å². The third kappa shape index (κ3) is 4.91. The molecule has 0 aromatic heterocycles. The van der Waals surface area contributed by atoms with Gasteiger partial charge in [-0.1, -0.05) is 26.3 Å². The van der Waals surface area contributed by atoms with Gasteiger partial charge < -0.3 is 19.5 Å². The molecular weight excluding hydrogens is 348 g/mol. The Kier molecular flexibility index (Phi) is 7.47. The van der Waals surface area contributed by atoms with Gasteiger partial charge in [-0.25, -0.2) is 0 Å². The standard InChI is InChI=1S/C20H30N2O5/c1-5-13(2)19(20(24)25)21-12-18(23)22-10-6-7-15(22)14-8-9-16(26-3)17(11-14)27-4/h8-9,11,13,15,19,21H,5-7,10,12H2,1-4H3,(H,24,25)/t13-,15?,19-/m0/s1. The Morgan fingerprint density at radius 1 is 1.30 bits per heavy atom. The Morgan fingerprint density at radius 2 is 2.00 bits per heavy atom. The fourth-order valence-corrected chi connectivity index (χ4v) is 3.54. The average molecular weight is 378 g/mol. The van der Waals surface area contributed by atoms with E-state index in [1.807, 2.05) is 36.9 Å². The molecule has 3 atom stereocenters. The first-order valence-corrected chi connectivity index (χ1v) is 9.40. The molecule has 1 unspecified atom stereocenters. The molecule has 7 nitrogen and oxygen atoms in total. The summed E-state index contributed by atoms with van der Waals surface area (Å²) in [5, 5.41) is 12.3. The van der Waals surface area contributed by atoms with E-state index in [1.54, 1.807) is 14.2 Å². The van der Waals surface area contributed by atoms with Crippen molar-refractivity contribution in [1.29, 1.82) is 0 Å². The Hall–Kier alpha value is -2.28. The number of amides is 1. The van der Waals surface area contributed by atoms with Crippen LogP contribution in [0.4, 0.5) is 0 Å². The lowest BCUT2D eigenvalue weighted by Gasteiger charge is -2.27. The van der Waals surface area contributed by atoms with Gasteiger partial charge in [0.2, 0.25) is 5.91 Å². The van der Waals surface area contributed by atoms with Crippen LogP contribution in [0.3, 0.4) is 0 Å². The van der Waals surface area contributed by atoms with Gasteiger partial charge in [0.1, 0.15) is 6.04 Å². The maximum absolute atomic E-state index is 12.8. The third-order valence-electron chi connectivity index (χ3n) is 5.32. The molecule has 2 N–H and O–H groups in total. The molecule has 1 heterocycles. The molecule has 0 spiro atoms. The zero-order valence-electron chi connectivity index (χ0n) is 16.5. The van der Waals surface area contributed by atoms with Crippen LogP contribution in [0.15, 0.2) is 18.2 Å². The number of nitrogens with zero attached hydrogens (tertiary/aromatic N) is 1. The first kappa shape index (κ1) is 21.0. The van der Waals surface area contributed by atoms with Crippen molar-refractivity contribution in [2.24, 2.45) is 5.92 Å². The van der Waals surface area contributed by atoms with Gasteiger partial charge in [0.05, 0.1) is 26.8 Å². The van der Waals surface area contributed by atoms with Crippen molar-refractivity contribution < 1.29 is 24.2 Å². The van der Waals surface area contributed by atoms with E-state index in [1.165, 1.54) is 0 Å². The van der Waals surface area contributed by atoms with E-state index in [9.17, 15) is 14.7 Å². The number of methoxy groups -OCH3 is 2. The molecule has 0 bridgehead atoms. The molecule has 1 aromatic carbocycles. The second kappa shape index (κ2) is 9.60. The molecule has 1 aliphatic heterocycles. The number of rotatable bonds is 9. The summed E-state index contributed by atoms with van der Waals surface area (Å²) in [6.45, 7) is 4.50. The summed E-state index contributed by atoms with van der Waals surface area (Å²) in [5.74, 6) is 0.235. The summed E-state index contributed by atoms with van der Waals surface area (Å²) >= 11 is 0. The number of carboxylic acid groups (broad SMARTS) is 1. The summed E-state index contributed by atoms with van der Waals surface area (Å²) < 4.78 is 10.6. The topological polar surface area (TPSA) is 88.1 Å². The third-order valence-corrected chi connectivity index (χ3v) is 5.32. The van der Waals surface area contributed by atoms with Crippen LogP contribution in [0.1, 0.15) is 44.7 Å². The lowest BCUT2D eigenvalue weighted by molar-refractivity contribution is -0.141. The number of carboxylic acids is 1. The van der Waals surface area contributed by atoms with Gasteiger partial charge in [0.15, 0.2) is 11.5 Å². The van der Waals surface area contributed by atoms with Gasteiger partial charge in [-0.05, 0) is 36.5 Å². The number of hydrogen-bond donors (Lipinski definition) is 2. The minimum atomic E-state index is -0.921. The molecule has 150 valence electrons. The van der Waals surface area contributed by atoms with Crippen LogP contribution in [0.25, 0.3) is 0 Å². The van der Waals surface area contributed by atoms with Gasteiger partial charge >= 0.3 is 5.97 Å². The van der Waals surface area contributed by atoms with Gasteiger partial charge in [-0.2, -0.15) is 0 Å². The number of hydrogen-bond acceptors (Lipinski definition) is 5. The second-order valence-electron chi connectivity index (χ2n) is 6.94. The first-order valence-electron chi connectivity index (χ1n) is 9.40. The highest BCUT2D eigenvalue weighted by atomic mass is 16.5. The van der Waals surface area contributed by atoms with E-state index >= 15 is 0 Å². The lowest BCUT2D eigenvalue weighted by Crippen LogP contribution is -2.47. The van der Waals surface area contributed by atoms with Crippen molar-refractivity contribution in [1.82, 2.24) is 10.2 Å². The van der Waals surface area contributed by atoms with Crippen LogP contribution < -0.4 is 14.8 Å². The maximum Gasteiger partial charge on any atom is 0.320 e. The largest absolute Gasteiger partial charge is 0.493 e. The van der Waals surface area contributed by atoms with Crippen molar-refractivity contribution in [2.45, 2.75) is 45.2 Å². The molecule has 2 rings (SSSR count). The van der Waals surface area contributed by atoms with Gasteiger partial charge in [0, 0.05) is 6.54 Å². The summed E-state index contributed by atoms with van der Waals surface area (Å²) in [6.07, 6.45) is 2.52. The number of carbonyl (C=O) groups is 2. The zero-order chi connectivity index (χ0) is 20.0. The highest BCUT2D eigenvalue weighted by molar-refractivity contribution is 5.80. The molecule has 27 heavy (non-hydrogen) atoms. The van der Waals surface area contributed by atoms with E-state index in [-0.39, 0.29) is 24.4 Å². The molecule has 0 saturated carbocycles. The molecule has 0 aliphatic carbocycles. The number of carbonyl (C=O) groups excluding carboxylic acids is 1. The van der Waals surface area contributed by atoms with Gasteiger partial charge in [-0.3, -0.25) is 14.9 Å². The Bertz CT molecular complexity index is 664. The normalized spacial score (nSPS) is 18.8. The van der Waals surface area contributed by atoms with Crippen molar-refractivity contribution in [3.05, 3.63) is 23.8 Å². The van der Waals surface area contributed by atoms with Gasteiger partial charge in [0.25, 0.3) is 0 Å². The van der Waals surface area contributed by atoms with Crippen LogP contribution in [-0.2, 0) is 9.59 Å². The van der Waals surface area contributed by atoms with Crippen molar-refractivity contribution in [3.8, 4) is 11.5 Å². The quantitative estimate of drug-likeness (QED) is 0.686. The van der Waals surface area contributed by atoms with Crippen LogP contribution in [0, 0.1) is 5.92 Å². The maximum atomic E-state index is 12.8. The van der Waals surface area contributed by atoms with E-state index in [0.717, 1.165) is 24.8 Å². The molecule has 7 heteroatoms. The van der Waals surface area contributed by atoms with Gasteiger partial charge in [-0.15, -0.1) is 0 Å². The molecule has 1 aliphatic rings. The molecule has 1 aromatic rings. The lowest BCUT2D eigenvalue weighted by atomic mass is 9.99. The Labute approximate surface area is 160 Å². The van der Waals surface area contributed by atoms with E-state index in [2.05, 4.69) is 5.32 Å². The number of ether oxygens (including phenoxy) is 2. The minimum Gasteiger partial charge on any atom is -0.493 e. The number of likely N-dealkylation sites (tertiary alicyclic amines) is 1. The molecule has 1 amide bonds. The summed E-state index contributed by atoms with van der Waals surface area (Å²) in [6, 6.07) is 4.94. The molecule has 0 radical (unpaired) electrons. The summed E-state index contributed by atoms with van der Waals surface area (Å²) in [7, 11) is 3.18. The highest BCUT2D eigenvalue weighted by Crippen LogP contribution is 2.36. The number of aliphatic carboxylic acids is 1. The predicted molar refractivity (Wildman–Crippen MR) is 102 cm³/mol. The van der Waals surface area contributed by atoms with E-state index in [4.69, 9.17) is 9.47 Å². The van der Waals surface area contributed by atoms with E-state index < -0.39 is 12.0 Å². The fourth-order valence-electron chi connectivity index (χ4n) is 3.54. The smallest absolute Gasteiger partial charge is 0.320 e.